The van der Waals surface area contributed by atoms with Gasteiger partial charge >= 0.3 is 0 Å². The van der Waals surface area contributed by atoms with Gasteiger partial charge in [0.05, 0.1) is 24.7 Å². The summed E-state index contributed by atoms with van der Waals surface area (Å²) in [5.74, 6) is -0.399. The quantitative estimate of drug-likeness (QED) is 0.525. The van der Waals surface area contributed by atoms with Gasteiger partial charge < -0.3 is 24.6 Å². The van der Waals surface area contributed by atoms with Crippen molar-refractivity contribution in [2.45, 2.75) is 49.9 Å². The first-order chi connectivity index (χ1) is 16.9. The number of methoxy groups -OCH3 is 1. The third-order valence-corrected chi connectivity index (χ3v) is 6.88. The predicted octanol–water partition coefficient (Wildman–Crippen LogP) is 4.00. The standard InChI is InChI=1S/C28H28FNO5/c1-34-27-16-24(31)28(33)25(35-27)14-19-13-18(17-5-3-2-4-6-17)7-12-22(19)23-15-26(32)30(23)21-10-8-20(29)9-11-21/h2-13,23-25,27-28,31,33H,14-16H2,1H3/t23?,24?,25?,27-,28-/m1/s1. The molecule has 1 amide bonds. The molecular formula is C28H28FNO5. The van der Waals surface area contributed by atoms with Crippen molar-refractivity contribution in [2.75, 3.05) is 12.0 Å². The van der Waals surface area contributed by atoms with Crippen molar-refractivity contribution < 1.29 is 28.9 Å². The molecule has 2 N–H and O–H groups in total. The average molecular weight is 478 g/mol. The smallest absolute Gasteiger partial charge is 0.230 e. The molecule has 0 spiro atoms. The van der Waals surface area contributed by atoms with Gasteiger partial charge in [0.2, 0.25) is 5.91 Å². The number of amides is 1. The summed E-state index contributed by atoms with van der Waals surface area (Å²) in [5.41, 5.74) is 4.51. The molecule has 0 aliphatic carbocycles. The second-order valence-corrected chi connectivity index (χ2v) is 9.08. The van der Waals surface area contributed by atoms with Crippen LogP contribution in [0.2, 0.25) is 0 Å². The lowest BCUT2D eigenvalue weighted by molar-refractivity contribution is -0.241. The molecule has 6 nitrogen and oxygen atoms in total. The number of anilines is 1. The van der Waals surface area contributed by atoms with Crippen LogP contribution in [0.15, 0.2) is 72.8 Å². The monoisotopic (exact) mass is 477 g/mol. The minimum atomic E-state index is -1.06. The normalized spacial score (nSPS) is 26.5. The molecule has 2 aliphatic heterocycles. The number of hydrogen-bond acceptors (Lipinski definition) is 5. The molecule has 7 heteroatoms. The second kappa shape index (κ2) is 9.87. The Labute approximate surface area is 203 Å². The SMILES string of the molecule is CO[C@H]1CC(O)[C@@H](O)C(Cc2cc(-c3ccccc3)ccc2C2CC(=O)N2c2ccc(F)cc2)O1. The molecule has 2 aliphatic rings. The minimum absolute atomic E-state index is 0.0384. The van der Waals surface area contributed by atoms with E-state index in [4.69, 9.17) is 9.47 Å². The Morgan fingerprint density at radius 1 is 1.03 bits per heavy atom. The van der Waals surface area contributed by atoms with Gasteiger partial charge in [0.15, 0.2) is 6.29 Å². The molecule has 0 aromatic heterocycles. The van der Waals surface area contributed by atoms with E-state index in [0.717, 1.165) is 22.3 Å². The van der Waals surface area contributed by atoms with Crippen LogP contribution in [0.4, 0.5) is 10.1 Å². The molecule has 3 unspecified atom stereocenters. The van der Waals surface area contributed by atoms with E-state index in [1.807, 2.05) is 42.5 Å². The van der Waals surface area contributed by atoms with Crippen LogP contribution in [0.3, 0.4) is 0 Å². The highest BCUT2D eigenvalue weighted by Gasteiger charge is 2.41. The predicted molar refractivity (Wildman–Crippen MR) is 129 cm³/mol. The Hall–Kier alpha value is -3.10. The fraction of sp³-hybridized carbons (Fsp3) is 0.321. The number of β-lactam (4-membered cyclic amide) rings is 1. The molecule has 0 radical (unpaired) electrons. The summed E-state index contributed by atoms with van der Waals surface area (Å²) < 4.78 is 24.7. The third-order valence-electron chi connectivity index (χ3n) is 6.88. The number of rotatable bonds is 6. The Kier molecular flexibility index (Phi) is 6.67. The van der Waals surface area contributed by atoms with Gasteiger partial charge in [-0.3, -0.25) is 4.79 Å². The lowest BCUT2D eigenvalue weighted by Crippen LogP contribution is -2.50. The molecule has 5 atom stereocenters. The van der Waals surface area contributed by atoms with Gasteiger partial charge in [0, 0.05) is 25.6 Å². The van der Waals surface area contributed by atoms with E-state index in [-0.39, 0.29) is 24.2 Å². The van der Waals surface area contributed by atoms with Gasteiger partial charge in [-0.05, 0) is 46.5 Å². The van der Waals surface area contributed by atoms with Gasteiger partial charge in [0.25, 0.3) is 0 Å². The van der Waals surface area contributed by atoms with Gasteiger partial charge in [-0.2, -0.15) is 0 Å². The molecular weight excluding hydrogens is 449 g/mol. The van der Waals surface area contributed by atoms with Crippen molar-refractivity contribution in [3.05, 3.63) is 89.7 Å². The van der Waals surface area contributed by atoms with Gasteiger partial charge in [-0.15, -0.1) is 0 Å². The van der Waals surface area contributed by atoms with Gasteiger partial charge in [-0.1, -0.05) is 48.5 Å². The molecule has 0 saturated carbocycles. The maximum Gasteiger partial charge on any atom is 0.230 e. The third kappa shape index (κ3) is 4.73. The zero-order chi connectivity index (χ0) is 24.5. The van der Waals surface area contributed by atoms with E-state index in [9.17, 15) is 19.4 Å². The summed E-state index contributed by atoms with van der Waals surface area (Å²) in [6.45, 7) is 0. The molecule has 35 heavy (non-hydrogen) atoms. The Balaban J connectivity index is 1.52. The van der Waals surface area contributed by atoms with Crippen LogP contribution in [0.1, 0.15) is 30.0 Å². The van der Waals surface area contributed by atoms with Crippen molar-refractivity contribution in [1.82, 2.24) is 0 Å². The van der Waals surface area contributed by atoms with Crippen LogP contribution >= 0.6 is 0 Å². The lowest BCUT2D eigenvalue weighted by atomic mass is 9.84. The van der Waals surface area contributed by atoms with Gasteiger partial charge in [0.1, 0.15) is 11.9 Å². The second-order valence-electron chi connectivity index (χ2n) is 9.08. The number of aliphatic hydroxyl groups excluding tert-OH is 2. The van der Waals surface area contributed by atoms with Crippen LogP contribution in [0.5, 0.6) is 0 Å². The molecule has 2 saturated heterocycles. The Morgan fingerprint density at radius 3 is 2.46 bits per heavy atom. The summed E-state index contributed by atoms with van der Waals surface area (Å²) in [6, 6.07) is 21.7. The zero-order valence-electron chi connectivity index (χ0n) is 19.4. The van der Waals surface area contributed by atoms with Crippen molar-refractivity contribution in [3.63, 3.8) is 0 Å². The first kappa shape index (κ1) is 23.6. The van der Waals surface area contributed by atoms with Crippen LogP contribution < -0.4 is 4.90 Å². The van der Waals surface area contributed by atoms with Crippen LogP contribution in [0.25, 0.3) is 11.1 Å². The summed E-state index contributed by atoms with van der Waals surface area (Å²) >= 11 is 0. The molecule has 2 fully saturated rings. The summed E-state index contributed by atoms with van der Waals surface area (Å²) in [4.78, 5) is 14.3. The number of nitrogens with zero attached hydrogens (tertiary/aromatic N) is 1. The van der Waals surface area contributed by atoms with E-state index in [1.165, 1.54) is 19.2 Å². The number of ether oxygens (including phenoxy) is 2. The van der Waals surface area contributed by atoms with Crippen LogP contribution in [0, 0.1) is 5.82 Å². The van der Waals surface area contributed by atoms with E-state index in [0.29, 0.717) is 18.5 Å². The largest absolute Gasteiger partial charge is 0.390 e. The van der Waals surface area contributed by atoms with Gasteiger partial charge in [-0.25, -0.2) is 4.39 Å². The fourth-order valence-corrected chi connectivity index (χ4v) is 4.96. The maximum absolute atomic E-state index is 13.5. The van der Waals surface area contributed by atoms with Crippen molar-refractivity contribution >= 4 is 11.6 Å². The number of hydrogen-bond donors (Lipinski definition) is 2. The minimum Gasteiger partial charge on any atom is -0.390 e. The van der Waals surface area contributed by atoms with Crippen molar-refractivity contribution in [3.8, 4) is 11.1 Å². The molecule has 2 heterocycles. The highest BCUT2D eigenvalue weighted by atomic mass is 19.1. The number of aliphatic hydroxyl groups is 2. The first-order valence-corrected chi connectivity index (χ1v) is 11.7. The topological polar surface area (TPSA) is 79.2 Å². The van der Waals surface area contributed by atoms with E-state index < -0.39 is 24.6 Å². The van der Waals surface area contributed by atoms with E-state index >= 15 is 0 Å². The molecule has 182 valence electrons. The number of carbonyl (C=O) groups excluding carboxylic acids is 1. The lowest BCUT2D eigenvalue weighted by Gasteiger charge is -2.42. The van der Waals surface area contributed by atoms with Crippen molar-refractivity contribution in [2.24, 2.45) is 0 Å². The molecule has 3 aromatic rings. The summed E-state index contributed by atoms with van der Waals surface area (Å²) in [6.07, 6.45) is -2.46. The van der Waals surface area contributed by atoms with Crippen molar-refractivity contribution in [1.29, 1.82) is 0 Å². The highest BCUT2D eigenvalue weighted by Crippen LogP contribution is 2.42. The number of carbonyl (C=O) groups is 1. The molecule has 0 bridgehead atoms. The summed E-state index contributed by atoms with van der Waals surface area (Å²) in [7, 11) is 1.51. The summed E-state index contributed by atoms with van der Waals surface area (Å²) in [5, 5.41) is 21.0. The Bertz CT molecular complexity index is 1190. The van der Waals surface area contributed by atoms with E-state index in [2.05, 4.69) is 6.07 Å². The first-order valence-electron chi connectivity index (χ1n) is 11.7. The molecule has 5 rings (SSSR count). The number of halogens is 1. The zero-order valence-corrected chi connectivity index (χ0v) is 19.4. The van der Waals surface area contributed by atoms with Crippen LogP contribution in [-0.2, 0) is 20.7 Å². The average Bonchev–Trinajstić information content (AvgIpc) is 2.87. The van der Waals surface area contributed by atoms with Crippen LogP contribution in [-0.4, -0.2) is 47.8 Å². The highest BCUT2D eigenvalue weighted by molar-refractivity contribution is 6.01. The Morgan fingerprint density at radius 2 is 1.77 bits per heavy atom. The van der Waals surface area contributed by atoms with E-state index in [1.54, 1.807) is 17.0 Å². The fourth-order valence-electron chi connectivity index (χ4n) is 4.96. The maximum atomic E-state index is 13.5. The molecule has 3 aromatic carbocycles. The number of benzene rings is 3.